The lowest BCUT2D eigenvalue weighted by atomic mass is 10.3. The van der Waals surface area contributed by atoms with Crippen molar-refractivity contribution in [2.75, 3.05) is 64.4 Å². The van der Waals surface area contributed by atoms with Crippen molar-refractivity contribution in [2.24, 2.45) is 0 Å². The van der Waals surface area contributed by atoms with Crippen molar-refractivity contribution in [3.63, 3.8) is 0 Å². The van der Waals surface area contributed by atoms with Crippen LogP contribution in [-0.4, -0.2) is 74.4 Å². The summed E-state index contributed by atoms with van der Waals surface area (Å²) in [6, 6.07) is 1.86. The first-order valence-corrected chi connectivity index (χ1v) is 7.34. The van der Waals surface area contributed by atoms with E-state index in [0.29, 0.717) is 0 Å². The van der Waals surface area contributed by atoms with Gasteiger partial charge in [0.15, 0.2) is 0 Å². The van der Waals surface area contributed by atoms with Gasteiger partial charge in [0.05, 0.1) is 6.61 Å². The Bertz CT molecular complexity index is 354. The summed E-state index contributed by atoms with van der Waals surface area (Å²) >= 11 is 0. The molecule has 0 atom stereocenters. The van der Waals surface area contributed by atoms with Gasteiger partial charge in [0.1, 0.15) is 0 Å². The SMILES string of the molecule is COCCNCCCN1CCN(c2ncccn2)CC1. The lowest BCUT2D eigenvalue weighted by Crippen LogP contribution is -2.47. The molecule has 1 aromatic rings. The molecule has 0 unspecified atom stereocenters. The number of anilines is 1. The molecule has 1 fully saturated rings. The minimum Gasteiger partial charge on any atom is -0.383 e. The minimum atomic E-state index is 0.787. The van der Waals surface area contributed by atoms with Crippen LogP contribution in [-0.2, 0) is 4.74 Å². The standard InChI is InChI=1S/C14H25N5O/c1-20-13-7-15-4-3-8-18-9-11-19(12-10-18)14-16-5-2-6-17-14/h2,5-6,15H,3-4,7-13H2,1H3. The van der Waals surface area contributed by atoms with Gasteiger partial charge >= 0.3 is 0 Å². The summed E-state index contributed by atoms with van der Waals surface area (Å²) in [5, 5.41) is 3.38. The number of hydrogen-bond acceptors (Lipinski definition) is 6. The zero-order chi connectivity index (χ0) is 14.0. The number of piperazine rings is 1. The Morgan fingerprint density at radius 1 is 1.15 bits per heavy atom. The average Bonchev–Trinajstić information content (AvgIpc) is 2.52. The molecular weight excluding hydrogens is 254 g/mol. The number of nitrogens with zero attached hydrogens (tertiary/aromatic N) is 4. The van der Waals surface area contributed by atoms with E-state index < -0.39 is 0 Å². The molecular formula is C14H25N5O. The minimum absolute atomic E-state index is 0.787. The number of aromatic nitrogens is 2. The fraction of sp³-hybridized carbons (Fsp3) is 0.714. The highest BCUT2D eigenvalue weighted by atomic mass is 16.5. The Morgan fingerprint density at radius 3 is 2.60 bits per heavy atom. The Balaban J connectivity index is 1.58. The third-order valence-electron chi connectivity index (χ3n) is 3.52. The second kappa shape index (κ2) is 8.84. The van der Waals surface area contributed by atoms with Crippen LogP contribution in [0.3, 0.4) is 0 Å². The number of hydrogen-bond donors (Lipinski definition) is 1. The molecule has 0 bridgehead atoms. The van der Waals surface area contributed by atoms with Gasteiger partial charge in [-0.2, -0.15) is 0 Å². The van der Waals surface area contributed by atoms with Crippen LogP contribution in [0.5, 0.6) is 0 Å². The van der Waals surface area contributed by atoms with Gasteiger partial charge in [0.25, 0.3) is 0 Å². The molecule has 1 aliphatic heterocycles. The van der Waals surface area contributed by atoms with Crippen molar-refractivity contribution >= 4 is 5.95 Å². The molecule has 0 saturated carbocycles. The first-order valence-electron chi connectivity index (χ1n) is 7.34. The van der Waals surface area contributed by atoms with Gasteiger partial charge in [-0.15, -0.1) is 0 Å². The molecule has 1 aliphatic rings. The fourth-order valence-electron chi connectivity index (χ4n) is 2.35. The van der Waals surface area contributed by atoms with E-state index in [1.807, 2.05) is 6.07 Å². The monoisotopic (exact) mass is 279 g/mol. The maximum atomic E-state index is 5.00. The summed E-state index contributed by atoms with van der Waals surface area (Å²) in [6.45, 7) is 8.16. The van der Waals surface area contributed by atoms with E-state index in [1.165, 1.54) is 6.42 Å². The molecule has 2 heterocycles. The van der Waals surface area contributed by atoms with E-state index in [9.17, 15) is 0 Å². The van der Waals surface area contributed by atoms with Crippen molar-refractivity contribution in [3.05, 3.63) is 18.5 Å². The van der Waals surface area contributed by atoms with Crippen molar-refractivity contribution in [2.45, 2.75) is 6.42 Å². The van der Waals surface area contributed by atoms with Crippen LogP contribution in [0.25, 0.3) is 0 Å². The van der Waals surface area contributed by atoms with Crippen LogP contribution in [0.15, 0.2) is 18.5 Å². The van der Waals surface area contributed by atoms with E-state index in [1.54, 1.807) is 19.5 Å². The van der Waals surface area contributed by atoms with Crippen molar-refractivity contribution in [3.8, 4) is 0 Å². The molecule has 0 amide bonds. The smallest absolute Gasteiger partial charge is 0.225 e. The van der Waals surface area contributed by atoms with Crippen LogP contribution in [0, 0.1) is 0 Å². The molecule has 1 aromatic heterocycles. The van der Waals surface area contributed by atoms with Gasteiger partial charge in [0, 0.05) is 52.2 Å². The molecule has 1 N–H and O–H groups in total. The normalized spacial score (nSPS) is 16.6. The predicted molar refractivity (Wildman–Crippen MR) is 80.0 cm³/mol. The van der Waals surface area contributed by atoms with Gasteiger partial charge in [-0.3, -0.25) is 4.90 Å². The third kappa shape index (κ3) is 5.03. The summed E-state index contributed by atoms with van der Waals surface area (Å²) in [5.41, 5.74) is 0. The molecule has 6 heteroatoms. The van der Waals surface area contributed by atoms with Crippen molar-refractivity contribution < 1.29 is 4.74 Å². The molecule has 1 saturated heterocycles. The number of ether oxygens (including phenoxy) is 1. The predicted octanol–water partition coefficient (Wildman–Crippen LogP) is 0.225. The Labute approximate surface area is 121 Å². The first-order chi connectivity index (χ1) is 9.90. The van der Waals surface area contributed by atoms with E-state index >= 15 is 0 Å². The van der Waals surface area contributed by atoms with Gasteiger partial charge in [-0.05, 0) is 25.6 Å². The van der Waals surface area contributed by atoms with Crippen LogP contribution in [0.2, 0.25) is 0 Å². The van der Waals surface area contributed by atoms with E-state index in [4.69, 9.17) is 4.74 Å². The second-order valence-electron chi connectivity index (χ2n) is 4.97. The highest BCUT2D eigenvalue weighted by Crippen LogP contribution is 2.09. The summed E-state index contributed by atoms with van der Waals surface area (Å²) in [5.74, 6) is 0.855. The van der Waals surface area contributed by atoms with Crippen molar-refractivity contribution in [1.82, 2.24) is 20.2 Å². The summed E-state index contributed by atoms with van der Waals surface area (Å²) in [6.07, 6.45) is 4.80. The lowest BCUT2D eigenvalue weighted by molar-refractivity contribution is 0.198. The van der Waals surface area contributed by atoms with Crippen LogP contribution in [0.4, 0.5) is 5.95 Å². The molecule has 2 rings (SSSR count). The maximum absolute atomic E-state index is 5.00. The van der Waals surface area contributed by atoms with Gasteiger partial charge in [-0.1, -0.05) is 0 Å². The van der Waals surface area contributed by atoms with Gasteiger partial charge < -0.3 is 15.0 Å². The second-order valence-corrected chi connectivity index (χ2v) is 4.97. The Hall–Kier alpha value is -1.24. The molecule has 0 radical (unpaired) electrons. The zero-order valence-corrected chi connectivity index (χ0v) is 12.3. The van der Waals surface area contributed by atoms with Gasteiger partial charge in [-0.25, -0.2) is 9.97 Å². The summed E-state index contributed by atoms with van der Waals surface area (Å²) < 4.78 is 5.00. The topological polar surface area (TPSA) is 53.5 Å². The van der Waals surface area contributed by atoms with Crippen molar-refractivity contribution in [1.29, 1.82) is 0 Å². The molecule has 0 aliphatic carbocycles. The highest BCUT2D eigenvalue weighted by molar-refractivity contribution is 5.29. The lowest BCUT2D eigenvalue weighted by Gasteiger charge is -2.34. The first kappa shape index (κ1) is 15.2. The highest BCUT2D eigenvalue weighted by Gasteiger charge is 2.17. The van der Waals surface area contributed by atoms with E-state index in [0.717, 1.165) is 58.4 Å². The van der Waals surface area contributed by atoms with Crippen LogP contribution < -0.4 is 10.2 Å². The quantitative estimate of drug-likeness (QED) is 0.687. The zero-order valence-electron chi connectivity index (χ0n) is 12.3. The molecule has 112 valence electrons. The summed E-state index contributed by atoms with van der Waals surface area (Å²) in [4.78, 5) is 13.4. The maximum Gasteiger partial charge on any atom is 0.225 e. The molecule has 0 aromatic carbocycles. The van der Waals surface area contributed by atoms with E-state index in [-0.39, 0.29) is 0 Å². The average molecular weight is 279 g/mol. The number of methoxy groups -OCH3 is 1. The van der Waals surface area contributed by atoms with E-state index in [2.05, 4.69) is 25.1 Å². The fourth-order valence-corrected chi connectivity index (χ4v) is 2.35. The van der Waals surface area contributed by atoms with Gasteiger partial charge in [0.2, 0.25) is 5.95 Å². The van der Waals surface area contributed by atoms with Crippen LogP contribution in [0.1, 0.15) is 6.42 Å². The van der Waals surface area contributed by atoms with Crippen LogP contribution >= 0.6 is 0 Å². The Kier molecular flexibility index (Phi) is 6.70. The molecule has 20 heavy (non-hydrogen) atoms. The summed E-state index contributed by atoms with van der Waals surface area (Å²) in [7, 11) is 1.73. The third-order valence-corrected chi connectivity index (χ3v) is 3.52. The largest absolute Gasteiger partial charge is 0.383 e. The Morgan fingerprint density at radius 2 is 1.90 bits per heavy atom. The number of rotatable bonds is 8. The molecule has 6 nitrogen and oxygen atoms in total. The number of nitrogens with one attached hydrogen (secondary N) is 1. The molecule has 0 spiro atoms.